The number of rotatable bonds is 5. The molecule has 2 amide bonds. The fraction of sp³-hybridized carbons (Fsp3) is 0.500. The molecule has 1 N–H and O–H groups in total. The van der Waals surface area contributed by atoms with Crippen LogP contribution in [0.5, 0.6) is 0 Å². The quantitative estimate of drug-likeness (QED) is 0.860. The van der Waals surface area contributed by atoms with E-state index in [-0.39, 0.29) is 24.9 Å². The van der Waals surface area contributed by atoms with Gasteiger partial charge in [-0.25, -0.2) is 0 Å². The van der Waals surface area contributed by atoms with Crippen molar-refractivity contribution in [1.82, 2.24) is 14.8 Å². The molecule has 0 aliphatic carbocycles. The summed E-state index contributed by atoms with van der Waals surface area (Å²) < 4.78 is 0. The Bertz CT molecular complexity index is 504. The summed E-state index contributed by atoms with van der Waals surface area (Å²) in [6.45, 7) is 5.99. The third-order valence-electron chi connectivity index (χ3n) is 3.29. The number of aromatic nitrogens is 1. The van der Waals surface area contributed by atoms with Gasteiger partial charge in [-0.2, -0.15) is 0 Å². The van der Waals surface area contributed by atoms with Gasteiger partial charge in [0.2, 0.25) is 11.8 Å². The van der Waals surface area contributed by atoms with E-state index in [0.717, 1.165) is 17.9 Å². The third-order valence-corrected chi connectivity index (χ3v) is 3.29. The molecule has 0 unspecified atom stereocenters. The fourth-order valence-electron chi connectivity index (χ4n) is 2.21. The van der Waals surface area contributed by atoms with Crippen LogP contribution in [0.1, 0.15) is 19.5 Å². The molecule has 1 saturated heterocycles. The highest BCUT2D eigenvalue weighted by atomic mass is 16.2. The average molecular weight is 276 g/mol. The van der Waals surface area contributed by atoms with E-state index >= 15 is 0 Å². The van der Waals surface area contributed by atoms with Gasteiger partial charge in [-0.05, 0) is 26.0 Å². The van der Waals surface area contributed by atoms with Gasteiger partial charge >= 0.3 is 0 Å². The van der Waals surface area contributed by atoms with Crippen molar-refractivity contribution >= 4 is 17.5 Å². The highest BCUT2D eigenvalue weighted by Gasteiger charge is 2.28. The van der Waals surface area contributed by atoms with Crippen molar-refractivity contribution < 1.29 is 9.59 Å². The van der Waals surface area contributed by atoms with Crippen molar-refractivity contribution in [2.24, 2.45) is 0 Å². The number of carbonyl (C=O) groups excluding carboxylic acids is 2. The zero-order valence-electron chi connectivity index (χ0n) is 11.9. The maximum atomic E-state index is 12.0. The molecule has 0 atom stereocenters. The van der Waals surface area contributed by atoms with Crippen LogP contribution in [0.2, 0.25) is 0 Å². The van der Waals surface area contributed by atoms with E-state index in [4.69, 9.17) is 0 Å². The summed E-state index contributed by atoms with van der Waals surface area (Å²) in [4.78, 5) is 31.2. The molecular weight excluding hydrogens is 256 g/mol. The number of hydrogen-bond donors (Lipinski definition) is 1. The Morgan fingerprint density at radius 2 is 1.90 bits per heavy atom. The number of pyridine rings is 1. The van der Waals surface area contributed by atoms with Gasteiger partial charge in [-0.3, -0.25) is 14.6 Å². The van der Waals surface area contributed by atoms with Gasteiger partial charge in [-0.1, -0.05) is 0 Å². The Morgan fingerprint density at radius 1 is 1.20 bits per heavy atom. The molecule has 0 spiro atoms. The smallest absolute Gasteiger partial charge is 0.243 e. The molecule has 2 heterocycles. The van der Waals surface area contributed by atoms with Gasteiger partial charge in [-0.15, -0.1) is 0 Å². The van der Waals surface area contributed by atoms with Gasteiger partial charge in [0, 0.05) is 25.0 Å². The maximum Gasteiger partial charge on any atom is 0.243 e. The predicted octanol–water partition coefficient (Wildman–Crippen LogP) is 0.704. The SMILES string of the molecule is CCNc1ccnc(CN2CC(=O)N(CC)CC2=O)c1. The number of piperazine rings is 1. The highest BCUT2D eigenvalue weighted by molar-refractivity contribution is 5.92. The van der Waals surface area contributed by atoms with Crippen LogP contribution in [0, 0.1) is 0 Å². The number of hydrogen-bond acceptors (Lipinski definition) is 4. The largest absolute Gasteiger partial charge is 0.385 e. The minimum Gasteiger partial charge on any atom is -0.385 e. The van der Waals surface area contributed by atoms with E-state index in [1.54, 1.807) is 16.0 Å². The Kier molecular flexibility index (Phi) is 4.55. The molecule has 108 valence electrons. The molecule has 1 fully saturated rings. The van der Waals surface area contributed by atoms with E-state index < -0.39 is 0 Å². The van der Waals surface area contributed by atoms with Crippen LogP contribution in [-0.4, -0.2) is 52.8 Å². The van der Waals surface area contributed by atoms with E-state index in [1.807, 2.05) is 26.0 Å². The lowest BCUT2D eigenvalue weighted by molar-refractivity contribution is -0.150. The molecular formula is C14H20N4O2. The number of nitrogens with one attached hydrogen (secondary N) is 1. The highest BCUT2D eigenvalue weighted by Crippen LogP contribution is 2.12. The molecule has 6 heteroatoms. The van der Waals surface area contributed by atoms with Crippen molar-refractivity contribution in [3.8, 4) is 0 Å². The summed E-state index contributed by atoms with van der Waals surface area (Å²) in [6, 6.07) is 3.79. The molecule has 6 nitrogen and oxygen atoms in total. The van der Waals surface area contributed by atoms with Gasteiger partial charge < -0.3 is 15.1 Å². The standard InChI is InChI=1S/C14H20N4O2/c1-3-15-11-5-6-16-12(7-11)8-18-10-13(19)17(4-2)9-14(18)20/h5-7H,3-4,8-10H2,1-2H3,(H,15,16). The first-order chi connectivity index (χ1) is 9.63. The van der Waals surface area contributed by atoms with Crippen LogP contribution < -0.4 is 5.32 Å². The normalized spacial score (nSPS) is 15.7. The maximum absolute atomic E-state index is 12.0. The van der Waals surface area contributed by atoms with E-state index in [1.165, 1.54) is 0 Å². The van der Waals surface area contributed by atoms with Crippen LogP contribution in [0.15, 0.2) is 18.3 Å². The molecule has 0 radical (unpaired) electrons. The lowest BCUT2D eigenvalue weighted by atomic mass is 10.2. The number of likely N-dealkylation sites (N-methyl/N-ethyl adjacent to an activating group) is 1. The van der Waals surface area contributed by atoms with Crippen molar-refractivity contribution in [3.63, 3.8) is 0 Å². The molecule has 1 aromatic rings. The van der Waals surface area contributed by atoms with Crippen LogP contribution in [0.3, 0.4) is 0 Å². The summed E-state index contributed by atoms with van der Waals surface area (Å²) in [7, 11) is 0. The first-order valence-corrected chi connectivity index (χ1v) is 6.88. The molecule has 0 aromatic carbocycles. The van der Waals surface area contributed by atoms with Crippen molar-refractivity contribution in [2.75, 3.05) is 31.5 Å². The summed E-state index contributed by atoms with van der Waals surface area (Å²) in [5, 5.41) is 3.20. The Hall–Kier alpha value is -2.11. The monoisotopic (exact) mass is 276 g/mol. The number of amides is 2. The van der Waals surface area contributed by atoms with Crippen molar-refractivity contribution in [2.45, 2.75) is 20.4 Å². The van der Waals surface area contributed by atoms with E-state index in [0.29, 0.717) is 13.1 Å². The lowest BCUT2D eigenvalue weighted by Gasteiger charge is -2.33. The van der Waals surface area contributed by atoms with Crippen LogP contribution in [0.25, 0.3) is 0 Å². The van der Waals surface area contributed by atoms with Crippen molar-refractivity contribution in [1.29, 1.82) is 0 Å². The Balaban J connectivity index is 2.04. The fourth-order valence-corrected chi connectivity index (χ4v) is 2.21. The minimum atomic E-state index is -0.0258. The van der Waals surface area contributed by atoms with Crippen LogP contribution in [-0.2, 0) is 16.1 Å². The summed E-state index contributed by atoms with van der Waals surface area (Å²) in [5.41, 5.74) is 1.76. The topological polar surface area (TPSA) is 65.5 Å². The van der Waals surface area contributed by atoms with E-state index in [2.05, 4.69) is 10.3 Å². The summed E-state index contributed by atoms with van der Waals surface area (Å²) in [5.74, 6) is -0.0305. The molecule has 1 aliphatic rings. The second-order valence-corrected chi connectivity index (χ2v) is 4.72. The summed E-state index contributed by atoms with van der Waals surface area (Å²) >= 11 is 0. The molecule has 1 aromatic heterocycles. The number of carbonyl (C=O) groups is 2. The average Bonchev–Trinajstić information content (AvgIpc) is 2.43. The Labute approximate surface area is 118 Å². The third kappa shape index (κ3) is 3.26. The molecule has 20 heavy (non-hydrogen) atoms. The number of nitrogens with zero attached hydrogens (tertiary/aromatic N) is 3. The second kappa shape index (κ2) is 6.36. The molecule has 0 bridgehead atoms. The molecule has 1 aliphatic heterocycles. The summed E-state index contributed by atoms with van der Waals surface area (Å²) in [6.07, 6.45) is 1.71. The predicted molar refractivity (Wildman–Crippen MR) is 76.1 cm³/mol. The zero-order valence-corrected chi connectivity index (χ0v) is 11.9. The van der Waals surface area contributed by atoms with E-state index in [9.17, 15) is 9.59 Å². The van der Waals surface area contributed by atoms with Crippen LogP contribution in [0.4, 0.5) is 5.69 Å². The first-order valence-electron chi connectivity index (χ1n) is 6.88. The lowest BCUT2D eigenvalue weighted by Crippen LogP contribution is -2.53. The zero-order chi connectivity index (χ0) is 14.5. The van der Waals surface area contributed by atoms with Gasteiger partial charge in [0.25, 0.3) is 0 Å². The minimum absolute atomic E-state index is 0.00469. The Morgan fingerprint density at radius 3 is 2.60 bits per heavy atom. The van der Waals surface area contributed by atoms with Gasteiger partial charge in [0.1, 0.15) is 6.54 Å². The second-order valence-electron chi connectivity index (χ2n) is 4.72. The first kappa shape index (κ1) is 14.3. The number of anilines is 1. The van der Waals surface area contributed by atoms with Gasteiger partial charge in [0.15, 0.2) is 0 Å². The molecule has 2 rings (SSSR count). The van der Waals surface area contributed by atoms with Gasteiger partial charge in [0.05, 0.1) is 18.8 Å². The van der Waals surface area contributed by atoms with Crippen LogP contribution >= 0.6 is 0 Å². The molecule has 0 saturated carbocycles. The van der Waals surface area contributed by atoms with Crippen molar-refractivity contribution in [3.05, 3.63) is 24.0 Å².